The predicted molar refractivity (Wildman–Crippen MR) is 64.3 cm³/mol. The number of hydrogen-bond donors (Lipinski definition) is 1. The van der Waals surface area contributed by atoms with Crippen LogP contribution in [-0.2, 0) is 15.8 Å². The summed E-state index contributed by atoms with van der Waals surface area (Å²) in [6.45, 7) is 0. The van der Waals surface area contributed by atoms with Crippen molar-refractivity contribution in [2.24, 2.45) is 0 Å². The zero-order valence-corrected chi connectivity index (χ0v) is 10.1. The Balaban J connectivity index is 2.11. The highest BCUT2D eigenvalue weighted by Gasteiger charge is 2.33. The molecule has 1 aromatic carbocycles. The van der Waals surface area contributed by atoms with Crippen molar-refractivity contribution in [3.8, 4) is 0 Å². The van der Waals surface area contributed by atoms with Gasteiger partial charge in [0.2, 0.25) is 10.0 Å². The molecule has 88 valence electrons. The summed E-state index contributed by atoms with van der Waals surface area (Å²) in [4.78, 5) is 0. The van der Waals surface area contributed by atoms with Crippen molar-refractivity contribution < 1.29 is 8.42 Å². The molecule has 5 heteroatoms. The maximum atomic E-state index is 12.0. The molecule has 1 aliphatic rings. The second-order valence-electron chi connectivity index (χ2n) is 4.25. The molecule has 0 aliphatic heterocycles. The summed E-state index contributed by atoms with van der Waals surface area (Å²) in [7, 11) is -1.51. The van der Waals surface area contributed by atoms with Gasteiger partial charge in [-0.2, -0.15) is 0 Å². The van der Waals surface area contributed by atoms with Crippen molar-refractivity contribution in [1.29, 1.82) is 0 Å². The van der Waals surface area contributed by atoms with Crippen LogP contribution in [0.15, 0.2) is 24.3 Å². The Bertz CT molecular complexity index is 463. The summed E-state index contributed by atoms with van der Waals surface area (Å²) in [5.74, 6) is 0.0558. The Morgan fingerprint density at radius 3 is 2.38 bits per heavy atom. The van der Waals surface area contributed by atoms with E-state index in [0.717, 1.165) is 18.4 Å². The smallest absolute Gasteiger partial charge is 0.218 e. The number of sulfonamides is 1. The topological polar surface area (TPSA) is 63.4 Å². The normalized spacial score (nSPS) is 16.6. The summed E-state index contributed by atoms with van der Waals surface area (Å²) in [6.07, 6.45) is 1.97. The zero-order valence-electron chi connectivity index (χ0n) is 9.26. The number of anilines is 1. The van der Waals surface area contributed by atoms with Crippen molar-refractivity contribution in [3.63, 3.8) is 0 Å². The lowest BCUT2D eigenvalue weighted by Crippen LogP contribution is -2.30. The Hall–Kier alpha value is -1.07. The van der Waals surface area contributed by atoms with Crippen molar-refractivity contribution in [2.75, 3.05) is 12.8 Å². The molecular formula is C11H16N2O2S. The fourth-order valence-corrected chi connectivity index (χ4v) is 3.07. The summed E-state index contributed by atoms with van der Waals surface area (Å²) in [5, 5.41) is 0. The molecular weight excluding hydrogens is 224 g/mol. The van der Waals surface area contributed by atoms with E-state index in [2.05, 4.69) is 0 Å². The van der Waals surface area contributed by atoms with Crippen LogP contribution in [0.2, 0.25) is 0 Å². The fourth-order valence-electron chi connectivity index (χ4n) is 1.59. The first kappa shape index (κ1) is 11.4. The number of benzene rings is 1. The van der Waals surface area contributed by atoms with Crippen molar-refractivity contribution >= 4 is 15.7 Å². The molecule has 2 rings (SSSR count). The SMILES string of the molecule is CN(C1CC1)S(=O)(=O)Cc1ccc(N)cc1. The van der Waals surface area contributed by atoms with Gasteiger partial charge in [-0.25, -0.2) is 12.7 Å². The third-order valence-electron chi connectivity index (χ3n) is 2.83. The molecule has 16 heavy (non-hydrogen) atoms. The maximum absolute atomic E-state index is 12.0. The van der Waals surface area contributed by atoms with Gasteiger partial charge in [0.15, 0.2) is 0 Å². The van der Waals surface area contributed by atoms with E-state index in [-0.39, 0.29) is 11.8 Å². The van der Waals surface area contributed by atoms with E-state index in [1.54, 1.807) is 31.3 Å². The standard InChI is InChI=1S/C11H16N2O2S/c1-13(11-6-7-11)16(14,15)8-9-2-4-10(12)5-3-9/h2-5,11H,6-8,12H2,1H3. The van der Waals surface area contributed by atoms with Crippen LogP contribution in [-0.4, -0.2) is 25.8 Å². The van der Waals surface area contributed by atoms with Crippen LogP contribution in [0.1, 0.15) is 18.4 Å². The third-order valence-corrected chi connectivity index (χ3v) is 4.70. The average molecular weight is 240 g/mol. The predicted octanol–water partition coefficient (Wildman–Crippen LogP) is 1.19. The molecule has 2 N–H and O–H groups in total. The first-order chi connectivity index (χ1) is 7.49. The van der Waals surface area contributed by atoms with Gasteiger partial charge in [0.1, 0.15) is 0 Å². The number of nitrogen functional groups attached to an aromatic ring is 1. The van der Waals surface area contributed by atoms with Crippen LogP contribution in [0.3, 0.4) is 0 Å². The van der Waals surface area contributed by atoms with Gasteiger partial charge in [-0.3, -0.25) is 0 Å². The molecule has 0 aromatic heterocycles. The molecule has 0 bridgehead atoms. The maximum Gasteiger partial charge on any atom is 0.218 e. The van der Waals surface area contributed by atoms with E-state index in [9.17, 15) is 8.42 Å². The molecule has 0 heterocycles. The van der Waals surface area contributed by atoms with E-state index < -0.39 is 10.0 Å². The number of nitrogens with zero attached hydrogens (tertiary/aromatic N) is 1. The Morgan fingerprint density at radius 2 is 1.88 bits per heavy atom. The highest BCUT2D eigenvalue weighted by Crippen LogP contribution is 2.28. The molecule has 1 aromatic rings. The first-order valence-electron chi connectivity index (χ1n) is 5.29. The van der Waals surface area contributed by atoms with Crippen LogP contribution < -0.4 is 5.73 Å². The third kappa shape index (κ3) is 2.54. The molecule has 1 aliphatic carbocycles. The van der Waals surface area contributed by atoms with Gasteiger partial charge in [-0.15, -0.1) is 0 Å². The highest BCUT2D eigenvalue weighted by molar-refractivity contribution is 7.88. The fraction of sp³-hybridized carbons (Fsp3) is 0.455. The Kier molecular flexibility index (Phi) is 2.90. The Labute approximate surface area is 96.1 Å². The average Bonchev–Trinajstić information content (AvgIpc) is 3.03. The number of hydrogen-bond acceptors (Lipinski definition) is 3. The molecule has 0 unspecified atom stereocenters. The quantitative estimate of drug-likeness (QED) is 0.804. The van der Waals surface area contributed by atoms with Gasteiger partial charge >= 0.3 is 0 Å². The van der Waals surface area contributed by atoms with Gasteiger partial charge in [0.25, 0.3) is 0 Å². The highest BCUT2D eigenvalue weighted by atomic mass is 32.2. The molecule has 0 radical (unpaired) electrons. The lowest BCUT2D eigenvalue weighted by atomic mass is 10.2. The van der Waals surface area contributed by atoms with Crippen LogP contribution in [0, 0.1) is 0 Å². The molecule has 1 saturated carbocycles. The van der Waals surface area contributed by atoms with Crippen LogP contribution >= 0.6 is 0 Å². The molecule has 0 spiro atoms. The van der Waals surface area contributed by atoms with Crippen molar-refractivity contribution in [1.82, 2.24) is 4.31 Å². The van der Waals surface area contributed by atoms with E-state index in [1.807, 2.05) is 0 Å². The van der Waals surface area contributed by atoms with Crippen molar-refractivity contribution in [2.45, 2.75) is 24.6 Å². The second-order valence-corrected chi connectivity index (χ2v) is 6.27. The minimum Gasteiger partial charge on any atom is -0.399 e. The summed E-state index contributed by atoms with van der Waals surface area (Å²) in [5.41, 5.74) is 6.98. The lowest BCUT2D eigenvalue weighted by molar-refractivity contribution is 0.463. The lowest BCUT2D eigenvalue weighted by Gasteiger charge is -2.16. The summed E-state index contributed by atoms with van der Waals surface area (Å²) >= 11 is 0. The molecule has 0 amide bonds. The van der Waals surface area contributed by atoms with Gasteiger partial charge in [0.05, 0.1) is 5.75 Å². The summed E-state index contributed by atoms with van der Waals surface area (Å²) < 4.78 is 25.4. The monoisotopic (exact) mass is 240 g/mol. The minimum atomic E-state index is -3.17. The van der Waals surface area contributed by atoms with E-state index in [0.29, 0.717) is 5.69 Å². The molecule has 1 fully saturated rings. The summed E-state index contributed by atoms with van der Waals surface area (Å²) in [6, 6.07) is 7.18. The number of nitrogens with two attached hydrogens (primary N) is 1. The van der Waals surface area contributed by atoms with E-state index in [4.69, 9.17) is 5.73 Å². The van der Waals surface area contributed by atoms with Gasteiger partial charge in [0, 0.05) is 18.8 Å². The van der Waals surface area contributed by atoms with Crippen LogP contribution in [0.4, 0.5) is 5.69 Å². The molecule has 0 saturated heterocycles. The minimum absolute atomic E-state index is 0.0558. The second kappa shape index (κ2) is 4.07. The molecule has 4 nitrogen and oxygen atoms in total. The first-order valence-corrected chi connectivity index (χ1v) is 6.90. The molecule has 0 atom stereocenters. The van der Waals surface area contributed by atoms with Crippen LogP contribution in [0.25, 0.3) is 0 Å². The van der Waals surface area contributed by atoms with Crippen molar-refractivity contribution in [3.05, 3.63) is 29.8 Å². The van der Waals surface area contributed by atoms with Gasteiger partial charge in [-0.05, 0) is 30.5 Å². The Morgan fingerprint density at radius 1 is 1.31 bits per heavy atom. The van der Waals surface area contributed by atoms with Gasteiger partial charge < -0.3 is 5.73 Å². The van der Waals surface area contributed by atoms with Crippen LogP contribution in [0.5, 0.6) is 0 Å². The zero-order chi connectivity index (χ0) is 11.8. The largest absolute Gasteiger partial charge is 0.399 e. The van der Waals surface area contributed by atoms with E-state index in [1.165, 1.54) is 4.31 Å². The van der Waals surface area contributed by atoms with E-state index >= 15 is 0 Å². The van der Waals surface area contributed by atoms with Gasteiger partial charge in [-0.1, -0.05) is 12.1 Å². The number of rotatable bonds is 4.